The lowest BCUT2D eigenvalue weighted by molar-refractivity contribution is 0.00645. The zero-order valence-electron chi connectivity index (χ0n) is 8.10. The molecule has 5 nitrogen and oxygen atoms in total. The molecular weight excluding hydrogens is 200 g/mol. The Morgan fingerprint density at radius 1 is 1.20 bits per heavy atom. The van der Waals surface area contributed by atoms with Crippen LogP contribution in [0.2, 0.25) is 0 Å². The second-order valence-corrected chi connectivity index (χ2v) is 2.60. The molecule has 0 saturated carbocycles. The van der Waals surface area contributed by atoms with Crippen LogP contribution >= 0.6 is 0 Å². The summed E-state index contributed by atoms with van der Waals surface area (Å²) < 4.78 is 8.87. The summed E-state index contributed by atoms with van der Waals surface area (Å²) >= 11 is 0. The molecule has 0 fully saturated rings. The summed E-state index contributed by atoms with van der Waals surface area (Å²) in [5.74, 6) is -1.39. The van der Waals surface area contributed by atoms with Gasteiger partial charge in [-0.15, -0.1) is 0 Å². The number of aliphatic hydroxyl groups is 1. The van der Waals surface area contributed by atoms with Gasteiger partial charge in [0.2, 0.25) is 0 Å². The van der Waals surface area contributed by atoms with E-state index in [1.54, 1.807) is 12.1 Å². The van der Waals surface area contributed by atoms with Crippen LogP contribution in [0.15, 0.2) is 24.3 Å². The Morgan fingerprint density at radius 2 is 1.73 bits per heavy atom. The summed E-state index contributed by atoms with van der Waals surface area (Å²) in [6.45, 7) is -0.728. The van der Waals surface area contributed by atoms with Gasteiger partial charge in [-0.1, -0.05) is 12.1 Å². The second-order valence-electron chi connectivity index (χ2n) is 2.60. The Kier molecular flexibility index (Phi) is 3.82. The first-order chi connectivity index (χ1) is 7.20. The molecule has 0 aliphatic rings. The SMILES string of the molecule is COC(=O)c1ccccc1C(=O)OCO. The molecule has 0 aliphatic carbocycles. The number of methoxy groups -OCH3 is 1. The third kappa shape index (κ3) is 2.54. The number of aliphatic hydroxyl groups excluding tert-OH is 1. The zero-order valence-corrected chi connectivity index (χ0v) is 8.10. The van der Waals surface area contributed by atoms with E-state index < -0.39 is 18.7 Å². The van der Waals surface area contributed by atoms with Gasteiger partial charge in [0.25, 0.3) is 0 Å². The first kappa shape index (κ1) is 11.2. The molecule has 0 spiro atoms. The van der Waals surface area contributed by atoms with Crippen LogP contribution in [0.5, 0.6) is 0 Å². The molecule has 1 aromatic rings. The minimum Gasteiger partial charge on any atom is -0.465 e. The van der Waals surface area contributed by atoms with Gasteiger partial charge in [-0.25, -0.2) is 9.59 Å². The van der Waals surface area contributed by atoms with E-state index in [2.05, 4.69) is 9.47 Å². The average molecular weight is 210 g/mol. The maximum absolute atomic E-state index is 11.3. The molecule has 1 rings (SSSR count). The van der Waals surface area contributed by atoms with Crippen molar-refractivity contribution in [2.75, 3.05) is 13.9 Å². The van der Waals surface area contributed by atoms with E-state index in [9.17, 15) is 9.59 Å². The molecule has 5 heteroatoms. The number of carbonyl (C=O) groups is 2. The van der Waals surface area contributed by atoms with Crippen LogP contribution in [-0.4, -0.2) is 30.9 Å². The Labute approximate surface area is 86.2 Å². The van der Waals surface area contributed by atoms with Crippen molar-refractivity contribution in [1.29, 1.82) is 0 Å². The van der Waals surface area contributed by atoms with Gasteiger partial charge in [0, 0.05) is 0 Å². The maximum Gasteiger partial charge on any atom is 0.341 e. The van der Waals surface area contributed by atoms with Crippen LogP contribution in [0, 0.1) is 0 Å². The summed E-state index contributed by atoms with van der Waals surface area (Å²) in [5, 5.41) is 8.43. The number of benzene rings is 1. The molecule has 0 amide bonds. The van der Waals surface area contributed by atoms with E-state index in [4.69, 9.17) is 5.11 Å². The molecule has 80 valence electrons. The molecule has 0 unspecified atom stereocenters. The van der Waals surface area contributed by atoms with E-state index in [1.807, 2.05) is 0 Å². The Balaban J connectivity index is 3.06. The molecule has 15 heavy (non-hydrogen) atoms. The lowest BCUT2D eigenvalue weighted by Gasteiger charge is -2.05. The lowest BCUT2D eigenvalue weighted by atomic mass is 10.1. The topological polar surface area (TPSA) is 72.8 Å². The number of rotatable bonds is 3. The number of ether oxygens (including phenoxy) is 2. The first-order valence-electron chi connectivity index (χ1n) is 4.16. The highest BCUT2D eigenvalue weighted by Crippen LogP contribution is 2.11. The maximum atomic E-state index is 11.3. The Bertz CT molecular complexity index is 372. The van der Waals surface area contributed by atoms with Gasteiger partial charge >= 0.3 is 11.9 Å². The fourth-order valence-corrected chi connectivity index (χ4v) is 1.09. The third-order valence-electron chi connectivity index (χ3n) is 1.75. The summed E-state index contributed by atoms with van der Waals surface area (Å²) in [5.41, 5.74) is 0.178. The van der Waals surface area contributed by atoms with Crippen LogP contribution in [0.25, 0.3) is 0 Å². The molecule has 0 atom stereocenters. The van der Waals surface area contributed by atoms with Gasteiger partial charge in [-0.05, 0) is 12.1 Å². The van der Waals surface area contributed by atoms with E-state index in [-0.39, 0.29) is 11.1 Å². The minimum absolute atomic E-state index is 0.0680. The summed E-state index contributed by atoms with van der Waals surface area (Å²) in [6, 6.07) is 6.05. The van der Waals surface area contributed by atoms with Crippen molar-refractivity contribution in [2.45, 2.75) is 0 Å². The molecule has 0 saturated heterocycles. The number of carbonyl (C=O) groups excluding carboxylic acids is 2. The van der Waals surface area contributed by atoms with Crippen molar-refractivity contribution in [3.05, 3.63) is 35.4 Å². The van der Waals surface area contributed by atoms with Crippen molar-refractivity contribution >= 4 is 11.9 Å². The zero-order chi connectivity index (χ0) is 11.3. The molecule has 0 heterocycles. The summed E-state index contributed by atoms with van der Waals surface area (Å²) in [6.07, 6.45) is 0. The van der Waals surface area contributed by atoms with E-state index >= 15 is 0 Å². The van der Waals surface area contributed by atoms with Gasteiger partial charge in [0.05, 0.1) is 18.2 Å². The van der Waals surface area contributed by atoms with Gasteiger partial charge in [0.15, 0.2) is 6.79 Å². The van der Waals surface area contributed by atoms with Crippen molar-refractivity contribution in [3.63, 3.8) is 0 Å². The molecule has 1 N–H and O–H groups in total. The van der Waals surface area contributed by atoms with Crippen LogP contribution in [0.1, 0.15) is 20.7 Å². The highest BCUT2D eigenvalue weighted by molar-refractivity contribution is 6.03. The number of hydrogen-bond donors (Lipinski definition) is 1. The van der Waals surface area contributed by atoms with E-state index in [0.717, 1.165) is 0 Å². The molecule has 0 aliphatic heterocycles. The summed E-state index contributed by atoms with van der Waals surface area (Å²) in [7, 11) is 1.22. The van der Waals surface area contributed by atoms with Crippen LogP contribution in [-0.2, 0) is 9.47 Å². The number of esters is 2. The predicted molar refractivity (Wildman–Crippen MR) is 50.3 cm³/mol. The molecule has 1 aromatic carbocycles. The Hall–Kier alpha value is -1.88. The van der Waals surface area contributed by atoms with Crippen molar-refractivity contribution < 1.29 is 24.2 Å². The van der Waals surface area contributed by atoms with Crippen molar-refractivity contribution in [1.82, 2.24) is 0 Å². The first-order valence-corrected chi connectivity index (χ1v) is 4.16. The quantitative estimate of drug-likeness (QED) is 0.583. The van der Waals surface area contributed by atoms with Crippen molar-refractivity contribution in [3.8, 4) is 0 Å². The normalized spacial score (nSPS) is 9.47. The minimum atomic E-state index is -0.765. The molecule has 0 aromatic heterocycles. The van der Waals surface area contributed by atoms with Gasteiger partial charge in [0.1, 0.15) is 0 Å². The number of hydrogen-bond acceptors (Lipinski definition) is 5. The molecule has 0 bridgehead atoms. The largest absolute Gasteiger partial charge is 0.465 e. The molecule has 0 radical (unpaired) electrons. The van der Waals surface area contributed by atoms with Crippen LogP contribution in [0.4, 0.5) is 0 Å². The predicted octanol–water partition coefficient (Wildman–Crippen LogP) is 0.580. The van der Waals surface area contributed by atoms with Crippen LogP contribution < -0.4 is 0 Å². The van der Waals surface area contributed by atoms with Gasteiger partial charge < -0.3 is 14.6 Å². The van der Waals surface area contributed by atoms with Crippen LogP contribution in [0.3, 0.4) is 0 Å². The smallest absolute Gasteiger partial charge is 0.341 e. The highest BCUT2D eigenvalue weighted by atomic mass is 16.6. The van der Waals surface area contributed by atoms with E-state index in [1.165, 1.54) is 19.2 Å². The lowest BCUT2D eigenvalue weighted by Crippen LogP contribution is -2.13. The van der Waals surface area contributed by atoms with E-state index in [0.29, 0.717) is 0 Å². The second kappa shape index (κ2) is 5.11. The highest BCUT2D eigenvalue weighted by Gasteiger charge is 2.17. The standard InChI is InChI=1S/C10H10O5/c1-14-9(12)7-4-2-3-5-8(7)10(13)15-6-11/h2-5,11H,6H2,1H3. The van der Waals surface area contributed by atoms with Crippen molar-refractivity contribution in [2.24, 2.45) is 0 Å². The molecular formula is C10H10O5. The van der Waals surface area contributed by atoms with Gasteiger partial charge in [-0.2, -0.15) is 0 Å². The average Bonchev–Trinajstić information content (AvgIpc) is 2.28. The fraction of sp³-hybridized carbons (Fsp3) is 0.200. The Morgan fingerprint density at radius 3 is 2.20 bits per heavy atom. The van der Waals surface area contributed by atoms with Gasteiger partial charge in [-0.3, -0.25) is 0 Å². The fourth-order valence-electron chi connectivity index (χ4n) is 1.09. The summed E-state index contributed by atoms with van der Waals surface area (Å²) in [4.78, 5) is 22.5. The monoisotopic (exact) mass is 210 g/mol. The third-order valence-corrected chi connectivity index (χ3v) is 1.75.